The van der Waals surface area contributed by atoms with Gasteiger partial charge in [-0.25, -0.2) is 0 Å². The molecule has 0 aliphatic carbocycles. The molecule has 0 spiro atoms. The zero-order valence-corrected chi connectivity index (χ0v) is 7.14. The Bertz CT molecular complexity index is 325. The fraction of sp³-hybridized carbons (Fsp3) is 0.0909. The van der Waals surface area contributed by atoms with E-state index in [0.29, 0.717) is 0 Å². The third kappa shape index (κ3) is 2.12. The summed E-state index contributed by atoms with van der Waals surface area (Å²) >= 11 is 0. The molecule has 0 fully saturated rings. The summed E-state index contributed by atoms with van der Waals surface area (Å²) in [5.41, 5.74) is 1.22. The number of hydrogen-bond acceptors (Lipinski definition) is 2. The second-order valence-electron chi connectivity index (χ2n) is 2.80. The summed E-state index contributed by atoms with van der Waals surface area (Å²) < 4.78 is 0. The Kier molecular flexibility index (Phi) is 2.32. The van der Waals surface area contributed by atoms with Gasteiger partial charge >= 0.3 is 0 Å². The van der Waals surface area contributed by atoms with Gasteiger partial charge in [0.2, 0.25) is 0 Å². The number of hydrogen-bond donors (Lipinski definition) is 0. The van der Waals surface area contributed by atoms with Crippen LogP contribution >= 0.6 is 0 Å². The van der Waals surface area contributed by atoms with Gasteiger partial charge in [-0.1, -0.05) is 30.3 Å². The Labute approximate surface area is 77.0 Å². The highest BCUT2D eigenvalue weighted by molar-refractivity contribution is 5.21. The summed E-state index contributed by atoms with van der Waals surface area (Å²) in [4.78, 5) is 9.66. The molecule has 0 aromatic heterocycles. The van der Waals surface area contributed by atoms with Gasteiger partial charge in [0.25, 0.3) is 0 Å². The highest BCUT2D eigenvalue weighted by atomic mass is 17.2. The summed E-state index contributed by atoms with van der Waals surface area (Å²) in [6.07, 6.45) is 6.00. The van der Waals surface area contributed by atoms with Crippen molar-refractivity contribution in [3.05, 3.63) is 60.1 Å². The molecule has 0 radical (unpaired) electrons. The lowest BCUT2D eigenvalue weighted by Gasteiger charge is -2.09. The minimum absolute atomic E-state index is 0.769. The summed E-state index contributed by atoms with van der Waals surface area (Å²) in [5, 5.41) is 0. The highest BCUT2D eigenvalue weighted by Crippen LogP contribution is 2.12. The van der Waals surface area contributed by atoms with Gasteiger partial charge in [-0.3, -0.25) is 9.78 Å². The molecule has 0 N–H and O–H groups in total. The summed E-state index contributed by atoms with van der Waals surface area (Å²) in [5.74, 6) is 0.828. The largest absolute Gasteiger partial charge is 0.298 e. The van der Waals surface area contributed by atoms with Gasteiger partial charge in [0.1, 0.15) is 6.26 Å². The molecule has 0 saturated heterocycles. The van der Waals surface area contributed by atoms with E-state index in [0.717, 1.165) is 12.2 Å². The predicted molar refractivity (Wildman–Crippen MR) is 49.5 cm³/mol. The maximum absolute atomic E-state index is 4.96. The van der Waals surface area contributed by atoms with Gasteiger partial charge in [-0.05, 0) is 17.7 Å². The molecule has 0 bridgehead atoms. The zero-order valence-electron chi connectivity index (χ0n) is 7.14. The van der Waals surface area contributed by atoms with Gasteiger partial charge < -0.3 is 0 Å². The van der Waals surface area contributed by atoms with Crippen LogP contribution in [0.2, 0.25) is 0 Å². The molecule has 1 aliphatic heterocycles. The zero-order chi connectivity index (χ0) is 8.93. The van der Waals surface area contributed by atoms with Crippen molar-refractivity contribution in [3.8, 4) is 0 Å². The molecule has 2 rings (SSSR count). The molecule has 0 atom stereocenters. The summed E-state index contributed by atoms with van der Waals surface area (Å²) in [7, 11) is 0. The van der Waals surface area contributed by atoms with Crippen LogP contribution in [-0.4, -0.2) is 0 Å². The Morgan fingerprint density at radius 1 is 1.08 bits per heavy atom. The standard InChI is InChI=1S/C11H10O2/c1-2-5-10(6-3-1)9-11-7-4-8-12-13-11/h1-8H,9H2. The van der Waals surface area contributed by atoms with Crippen LogP contribution in [0.3, 0.4) is 0 Å². The average molecular weight is 174 g/mol. The van der Waals surface area contributed by atoms with Crippen molar-refractivity contribution < 1.29 is 9.78 Å². The third-order valence-electron chi connectivity index (χ3n) is 1.79. The minimum atomic E-state index is 0.769. The lowest BCUT2D eigenvalue weighted by molar-refractivity contribution is -0.215. The number of allylic oxidation sites excluding steroid dienone is 3. The van der Waals surface area contributed by atoms with E-state index in [4.69, 9.17) is 9.78 Å². The van der Waals surface area contributed by atoms with Crippen LogP contribution < -0.4 is 0 Å². The maximum atomic E-state index is 4.96. The van der Waals surface area contributed by atoms with E-state index in [2.05, 4.69) is 12.1 Å². The van der Waals surface area contributed by atoms with Crippen molar-refractivity contribution >= 4 is 0 Å². The minimum Gasteiger partial charge on any atom is -0.298 e. The Balaban J connectivity index is 2.06. The van der Waals surface area contributed by atoms with Gasteiger partial charge in [-0.15, -0.1) is 0 Å². The van der Waals surface area contributed by atoms with Crippen LogP contribution in [0.1, 0.15) is 5.56 Å². The van der Waals surface area contributed by atoms with Crippen LogP contribution in [0.5, 0.6) is 0 Å². The monoisotopic (exact) mass is 174 g/mol. The molecule has 1 aliphatic rings. The summed E-state index contributed by atoms with van der Waals surface area (Å²) in [6.45, 7) is 0. The van der Waals surface area contributed by atoms with Crippen LogP contribution in [0.15, 0.2) is 54.5 Å². The van der Waals surface area contributed by atoms with Gasteiger partial charge in [0, 0.05) is 6.42 Å². The molecule has 0 amide bonds. The van der Waals surface area contributed by atoms with Crippen LogP contribution in [0, 0.1) is 0 Å². The Morgan fingerprint density at radius 2 is 1.92 bits per heavy atom. The van der Waals surface area contributed by atoms with Crippen molar-refractivity contribution in [3.63, 3.8) is 0 Å². The highest BCUT2D eigenvalue weighted by Gasteiger charge is 2.02. The lowest BCUT2D eigenvalue weighted by atomic mass is 10.1. The van der Waals surface area contributed by atoms with E-state index in [-0.39, 0.29) is 0 Å². The van der Waals surface area contributed by atoms with Gasteiger partial charge in [-0.2, -0.15) is 0 Å². The molecular formula is C11H10O2. The van der Waals surface area contributed by atoms with Crippen LogP contribution in [0.25, 0.3) is 0 Å². The second kappa shape index (κ2) is 3.81. The topological polar surface area (TPSA) is 18.5 Å². The molecular weight excluding hydrogens is 164 g/mol. The first-order chi connectivity index (χ1) is 6.45. The second-order valence-corrected chi connectivity index (χ2v) is 2.80. The van der Waals surface area contributed by atoms with E-state index in [1.54, 1.807) is 0 Å². The van der Waals surface area contributed by atoms with Gasteiger partial charge in [0.15, 0.2) is 5.76 Å². The summed E-state index contributed by atoms with van der Waals surface area (Å²) in [6, 6.07) is 10.1. The van der Waals surface area contributed by atoms with Crippen molar-refractivity contribution in [2.75, 3.05) is 0 Å². The lowest BCUT2D eigenvalue weighted by Crippen LogP contribution is -1.97. The van der Waals surface area contributed by atoms with E-state index in [1.807, 2.05) is 30.4 Å². The first-order valence-corrected chi connectivity index (χ1v) is 4.18. The van der Waals surface area contributed by atoms with Crippen molar-refractivity contribution in [2.24, 2.45) is 0 Å². The SMILES string of the molecule is C1=COOC(Cc2ccccc2)=C1. The number of benzene rings is 1. The van der Waals surface area contributed by atoms with E-state index in [9.17, 15) is 0 Å². The quantitative estimate of drug-likeness (QED) is 0.641. The first-order valence-electron chi connectivity index (χ1n) is 4.18. The van der Waals surface area contributed by atoms with Crippen molar-refractivity contribution in [1.29, 1.82) is 0 Å². The Hall–Kier alpha value is -1.70. The molecule has 13 heavy (non-hydrogen) atoms. The molecule has 66 valence electrons. The molecule has 2 nitrogen and oxygen atoms in total. The Morgan fingerprint density at radius 3 is 2.62 bits per heavy atom. The van der Waals surface area contributed by atoms with Crippen molar-refractivity contribution in [1.82, 2.24) is 0 Å². The normalized spacial score (nSPS) is 14.3. The fourth-order valence-electron chi connectivity index (χ4n) is 1.18. The molecule has 1 aromatic rings. The molecule has 1 aromatic carbocycles. The van der Waals surface area contributed by atoms with E-state index >= 15 is 0 Å². The predicted octanol–water partition coefficient (Wildman–Crippen LogP) is 2.59. The fourth-order valence-corrected chi connectivity index (χ4v) is 1.18. The number of rotatable bonds is 2. The molecule has 0 unspecified atom stereocenters. The first kappa shape index (κ1) is 7.92. The third-order valence-corrected chi connectivity index (χ3v) is 1.79. The average Bonchev–Trinajstić information content (AvgIpc) is 2.21. The molecule has 0 saturated carbocycles. The van der Waals surface area contributed by atoms with Crippen molar-refractivity contribution in [2.45, 2.75) is 6.42 Å². The van der Waals surface area contributed by atoms with Gasteiger partial charge in [0.05, 0.1) is 0 Å². The molecule has 2 heteroatoms. The van der Waals surface area contributed by atoms with E-state index in [1.165, 1.54) is 11.8 Å². The van der Waals surface area contributed by atoms with E-state index < -0.39 is 0 Å². The van der Waals surface area contributed by atoms with Crippen LogP contribution in [0.4, 0.5) is 0 Å². The maximum Gasteiger partial charge on any atom is 0.160 e. The van der Waals surface area contributed by atoms with Crippen LogP contribution in [-0.2, 0) is 16.2 Å². The molecule has 1 heterocycles. The smallest absolute Gasteiger partial charge is 0.160 e.